The van der Waals surface area contributed by atoms with E-state index in [4.69, 9.17) is 9.47 Å². The van der Waals surface area contributed by atoms with Crippen molar-refractivity contribution >= 4 is 17.3 Å². The zero-order valence-corrected chi connectivity index (χ0v) is 16.6. The van der Waals surface area contributed by atoms with Crippen molar-refractivity contribution in [1.29, 1.82) is 0 Å². The first kappa shape index (κ1) is 18.1. The number of benzene rings is 1. The summed E-state index contributed by atoms with van der Waals surface area (Å²) in [5.41, 5.74) is 1.26. The molecule has 0 spiro atoms. The van der Waals surface area contributed by atoms with Gasteiger partial charge in [-0.1, -0.05) is 6.07 Å². The molecule has 7 nitrogen and oxygen atoms in total. The van der Waals surface area contributed by atoms with Crippen LogP contribution in [0.25, 0.3) is 0 Å². The monoisotopic (exact) mass is 387 g/mol. The molecule has 27 heavy (non-hydrogen) atoms. The number of thiazole rings is 1. The number of piperazine rings is 1. The van der Waals surface area contributed by atoms with Crippen molar-refractivity contribution in [3.8, 4) is 11.5 Å². The Morgan fingerprint density at radius 2 is 2.04 bits per heavy atom. The third-order valence-corrected chi connectivity index (χ3v) is 5.73. The summed E-state index contributed by atoms with van der Waals surface area (Å²) in [6, 6.07) is 6.21. The number of nitrogens with one attached hydrogen (secondary N) is 1. The minimum Gasteiger partial charge on any atom is -0.454 e. The maximum Gasteiger partial charge on any atom is 0.231 e. The zero-order chi connectivity index (χ0) is 18.6. The fourth-order valence-electron chi connectivity index (χ4n) is 3.40. The van der Waals surface area contributed by atoms with Gasteiger partial charge < -0.3 is 19.7 Å². The molecule has 3 heterocycles. The fourth-order valence-corrected chi connectivity index (χ4v) is 4.14. The molecular weight excluding hydrogens is 362 g/mol. The second kappa shape index (κ2) is 8.14. The van der Waals surface area contributed by atoms with Crippen molar-refractivity contribution in [1.82, 2.24) is 20.1 Å². The normalized spacial score (nSPS) is 17.4. The number of aromatic nitrogens is 1. The lowest BCUT2D eigenvalue weighted by atomic mass is 10.1. The van der Waals surface area contributed by atoms with Gasteiger partial charge in [0, 0.05) is 50.8 Å². The fraction of sp³-hybridized carbons (Fsp3) is 0.474. The third-order valence-electron chi connectivity index (χ3n) is 4.82. The van der Waals surface area contributed by atoms with Gasteiger partial charge in [-0.05, 0) is 24.6 Å². The number of aliphatic imine (C=N–C) groups is 1. The summed E-state index contributed by atoms with van der Waals surface area (Å²) in [5, 5.41) is 4.56. The summed E-state index contributed by atoms with van der Waals surface area (Å²) in [6.45, 7) is 8.00. The maximum atomic E-state index is 5.48. The van der Waals surface area contributed by atoms with Crippen LogP contribution in [0.5, 0.6) is 11.5 Å². The highest BCUT2D eigenvalue weighted by molar-refractivity contribution is 7.11. The van der Waals surface area contributed by atoms with Crippen LogP contribution < -0.4 is 14.8 Å². The molecule has 0 unspecified atom stereocenters. The van der Waals surface area contributed by atoms with Gasteiger partial charge in [-0.25, -0.2) is 4.98 Å². The summed E-state index contributed by atoms with van der Waals surface area (Å²) >= 11 is 1.72. The Hall–Kier alpha value is -2.32. The minimum atomic E-state index is 0.324. The molecule has 1 fully saturated rings. The van der Waals surface area contributed by atoms with Crippen LogP contribution in [0.4, 0.5) is 0 Å². The topological polar surface area (TPSA) is 62.2 Å². The van der Waals surface area contributed by atoms with Crippen molar-refractivity contribution in [2.45, 2.75) is 20.0 Å². The number of hydrogen-bond donors (Lipinski definition) is 1. The molecule has 8 heteroatoms. The molecule has 1 N–H and O–H groups in total. The molecule has 2 aromatic rings. The van der Waals surface area contributed by atoms with Gasteiger partial charge in [-0.15, -0.1) is 11.3 Å². The number of guanidine groups is 1. The van der Waals surface area contributed by atoms with Gasteiger partial charge >= 0.3 is 0 Å². The van der Waals surface area contributed by atoms with Crippen molar-refractivity contribution in [2.75, 3.05) is 40.0 Å². The number of aryl methyl sites for hydroxylation is 1. The lowest BCUT2D eigenvalue weighted by Crippen LogP contribution is -2.52. The molecule has 2 aliphatic heterocycles. The van der Waals surface area contributed by atoms with E-state index in [0.29, 0.717) is 6.79 Å². The summed E-state index contributed by atoms with van der Waals surface area (Å²) in [5.74, 6) is 2.66. The van der Waals surface area contributed by atoms with E-state index in [-0.39, 0.29) is 0 Å². The molecule has 0 bridgehead atoms. The van der Waals surface area contributed by atoms with Crippen molar-refractivity contribution < 1.29 is 9.47 Å². The van der Waals surface area contributed by atoms with Crippen LogP contribution >= 0.6 is 11.3 Å². The number of hydrogen-bond acceptors (Lipinski definition) is 6. The van der Waals surface area contributed by atoms with Gasteiger partial charge in [0.2, 0.25) is 6.79 Å². The predicted molar refractivity (Wildman–Crippen MR) is 106 cm³/mol. The molecule has 0 amide bonds. The van der Waals surface area contributed by atoms with Gasteiger partial charge in [0.15, 0.2) is 17.5 Å². The van der Waals surface area contributed by atoms with E-state index in [2.05, 4.69) is 37.2 Å². The van der Waals surface area contributed by atoms with Gasteiger partial charge in [0.05, 0.1) is 11.6 Å². The molecule has 0 saturated carbocycles. The Kier molecular flexibility index (Phi) is 5.45. The lowest BCUT2D eigenvalue weighted by Gasteiger charge is -2.36. The van der Waals surface area contributed by atoms with E-state index in [1.165, 1.54) is 10.4 Å². The second-order valence-electron chi connectivity index (χ2n) is 6.70. The summed E-state index contributed by atoms with van der Waals surface area (Å²) in [4.78, 5) is 14.8. The standard InChI is InChI=1S/C19H25N5O2S/c1-14-21-10-16(27-14)11-22-19(20-2)24-7-5-23(6-8-24)12-15-3-4-17-18(9-15)26-13-25-17/h3-4,9-10H,5-8,11-13H2,1-2H3,(H,20,22). The first-order valence-corrected chi connectivity index (χ1v) is 10.0. The average molecular weight is 388 g/mol. The molecule has 0 aliphatic carbocycles. The van der Waals surface area contributed by atoms with Gasteiger partial charge in [-0.3, -0.25) is 9.89 Å². The van der Waals surface area contributed by atoms with E-state index in [0.717, 1.165) is 61.7 Å². The van der Waals surface area contributed by atoms with Crippen molar-refractivity contribution in [3.63, 3.8) is 0 Å². The van der Waals surface area contributed by atoms with Crippen LogP contribution in [0.1, 0.15) is 15.4 Å². The Morgan fingerprint density at radius 1 is 1.22 bits per heavy atom. The lowest BCUT2D eigenvalue weighted by molar-refractivity contribution is 0.171. The van der Waals surface area contributed by atoms with Crippen LogP contribution in [-0.2, 0) is 13.1 Å². The van der Waals surface area contributed by atoms with Crippen LogP contribution in [0.15, 0.2) is 29.4 Å². The largest absolute Gasteiger partial charge is 0.454 e. The summed E-state index contributed by atoms with van der Waals surface area (Å²) < 4.78 is 10.9. The van der Waals surface area contributed by atoms with Crippen LogP contribution in [0, 0.1) is 6.92 Å². The predicted octanol–water partition coefficient (Wildman–Crippen LogP) is 2.07. The molecule has 1 saturated heterocycles. The van der Waals surface area contributed by atoms with Gasteiger partial charge in [-0.2, -0.15) is 0 Å². The molecule has 1 aromatic heterocycles. The highest BCUT2D eigenvalue weighted by Crippen LogP contribution is 2.32. The molecule has 144 valence electrons. The SMILES string of the molecule is CN=C(NCc1cnc(C)s1)N1CCN(Cc2ccc3c(c2)OCO3)CC1. The highest BCUT2D eigenvalue weighted by atomic mass is 32.1. The van der Waals surface area contributed by atoms with E-state index >= 15 is 0 Å². The molecule has 0 atom stereocenters. The van der Waals surface area contributed by atoms with Crippen molar-refractivity contribution in [2.24, 2.45) is 4.99 Å². The van der Waals surface area contributed by atoms with E-state index in [9.17, 15) is 0 Å². The summed E-state index contributed by atoms with van der Waals surface area (Å²) in [7, 11) is 1.85. The Bertz CT molecular complexity index is 814. The van der Waals surface area contributed by atoms with Gasteiger partial charge in [0.1, 0.15) is 0 Å². The van der Waals surface area contributed by atoms with Crippen LogP contribution in [-0.4, -0.2) is 60.8 Å². The smallest absolute Gasteiger partial charge is 0.231 e. The Balaban J connectivity index is 1.27. The first-order chi connectivity index (χ1) is 13.2. The Morgan fingerprint density at radius 3 is 2.78 bits per heavy atom. The number of nitrogens with zero attached hydrogens (tertiary/aromatic N) is 4. The minimum absolute atomic E-state index is 0.324. The third kappa shape index (κ3) is 4.33. The maximum absolute atomic E-state index is 5.48. The number of ether oxygens (including phenoxy) is 2. The average Bonchev–Trinajstić information content (AvgIpc) is 3.32. The molecular formula is C19H25N5O2S. The van der Waals surface area contributed by atoms with Crippen LogP contribution in [0.2, 0.25) is 0 Å². The van der Waals surface area contributed by atoms with Gasteiger partial charge in [0.25, 0.3) is 0 Å². The zero-order valence-electron chi connectivity index (χ0n) is 15.8. The highest BCUT2D eigenvalue weighted by Gasteiger charge is 2.21. The quantitative estimate of drug-likeness (QED) is 0.640. The Labute approximate surface area is 163 Å². The molecule has 1 aromatic carbocycles. The van der Waals surface area contributed by atoms with E-state index in [1.807, 2.05) is 26.2 Å². The van der Waals surface area contributed by atoms with E-state index < -0.39 is 0 Å². The van der Waals surface area contributed by atoms with Crippen molar-refractivity contribution in [3.05, 3.63) is 39.8 Å². The number of fused-ring (bicyclic) bond motifs is 1. The molecule has 2 aliphatic rings. The summed E-state index contributed by atoms with van der Waals surface area (Å²) in [6.07, 6.45) is 1.93. The number of rotatable bonds is 4. The van der Waals surface area contributed by atoms with E-state index in [1.54, 1.807) is 11.3 Å². The molecule has 4 rings (SSSR count). The second-order valence-corrected chi connectivity index (χ2v) is 8.02. The first-order valence-electron chi connectivity index (χ1n) is 9.19. The molecule has 0 radical (unpaired) electrons. The van der Waals surface area contributed by atoms with Crippen LogP contribution in [0.3, 0.4) is 0 Å².